The summed E-state index contributed by atoms with van der Waals surface area (Å²) in [6.07, 6.45) is 5.19. The van der Waals surface area contributed by atoms with E-state index in [0.29, 0.717) is 0 Å². The van der Waals surface area contributed by atoms with Crippen LogP contribution in [0.15, 0.2) is 24.3 Å². The van der Waals surface area contributed by atoms with Crippen molar-refractivity contribution >= 4 is 15.9 Å². The molecule has 2 heteroatoms. The molecule has 18 heavy (non-hydrogen) atoms. The van der Waals surface area contributed by atoms with Crippen molar-refractivity contribution in [2.75, 3.05) is 18.4 Å². The van der Waals surface area contributed by atoms with E-state index in [9.17, 15) is 0 Å². The molecule has 1 aliphatic rings. The highest BCUT2D eigenvalue weighted by Gasteiger charge is 2.14. The lowest BCUT2D eigenvalue weighted by molar-refractivity contribution is 0.249. The number of benzene rings is 1. The third-order valence-electron chi connectivity index (χ3n) is 3.97. The first-order valence-corrected chi connectivity index (χ1v) is 8.27. The molecule has 0 aromatic heterocycles. The van der Waals surface area contributed by atoms with Gasteiger partial charge in [-0.3, -0.25) is 4.90 Å². The first-order chi connectivity index (χ1) is 8.79. The zero-order valence-electron chi connectivity index (χ0n) is 11.4. The lowest BCUT2D eigenvalue weighted by atomic mass is 10.0. The highest BCUT2D eigenvalue weighted by atomic mass is 79.9. The molecule has 1 aromatic rings. The fourth-order valence-electron chi connectivity index (χ4n) is 2.69. The van der Waals surface area contributed by atoms with Crippen molar-refractivity contribution in [3.8, 4) is 0 Å². The summed E-state index contributed by atoms with van der Waals surface area (Å²) in [6, 6.07) is 8.95. The number of rotatable bonds is 5. The molecule has 0 fully saturated rings. The SMILES string of the molecule is CC(CCBr)CCN1CCCc2ccccc2C1. The summed E-state index contributed by atoms with van der Waals surface area (Å²) in [5.74, 6) is 0.836. The summed E-state index contributed by atoms with van der Waals surface area (Å²) in [4.78, 5) is 2.64. The van der Waals surface area contributed by atoms with Crippen LogP contribution in [0.25, 0.3) is 0 Å². The normalized spacial score (nSPS) is 18.1. The Labute approximate surface area is 120 Å². The summed E-state index contributed by atoms with van der Waals surface area (Å²) < 4.78 is 0. The highest BCUT2D eigenvalue weighted by molar-refractivity contribution is 9.09. The van der Waals surface area contributed by atoms with Crippen LogP contribution in [0.5, 0.6) is 0 Å². The minimum Gasteiger partial charge on any atom is -0.299 e. The molecule has 100 valence electrons. The van der Waals surface area contributed by atoms with Crippen LogP contribution in [0.3, 0.4) is 0 Å². The van der Waals surface area contributed by atoms with Gasteiger partial charge in [0, 0.05) is 11.9 Å². The third-order valence-corrected chi connectivity index (χ3v) is 4.43. The van der Waals surface area contributed by atoms with Gasteiger partial charge in [0.15, 0.2) is 0 Å². The van der Waals surface area contributed by atoms with Gasteiger partial charge in [-0.2, -0.15) is 0 Å². The molecule has 0 saturated heterocycles. The first-order valence-electron chi connectivity index (χ1n) is 7.14. The predicted molar refractivity (Wildman–Crippen MR) is 82.2 cm³/mol. The smallest absolute Gasteiger partial charge is 0.0236 e. The van der Waals surface area contributed by atoms with E-state index in [1.807, 2.05) is 0 Å². The molecule has 1 nitrogen and oxygen atoms in total. The maximum atomic E-state index is 3.54. The Bertz CT molecular complexity index is 364. The molecule has 1 atom stereocenters. The van der Waals surface area contributed by atoms with Gasteiger partial charge >= 0.3 is 0 Å². The monoisotopic (exact) mass is 309 g/mol. The molecule has 1 aliphatic heterocycles. The molecule has 0 saturated carbocycles. The molecule has 1 unspecified atom stereocenters. The molecular weight excluding hydrogens is 286 g/mol. The second-order valence-corrected chi connectivity index (χ2v) is 6.31. The van der Waals surface area contributed by atoms with Gasteiger partial charge < -0.3 is 0 Å². The largest absolute Gasteiger partial charge is 0.299 e. The van der Waals surface area contributed by atoms with Crippen molar-refractivity contribution in [2.24, 2.45) is 5.92 Å². The Morgan fingerprint density at radius 1 is 1.22 bits per heavy atom. The van der Waals surface area contributed by atoms with Crippen LogP contribution in [0.2, 0.25) is 0 Å². The quantitative estimate of drug-likeness (QED) is 0.735. The Balaban J connectivity index is 1.88. The number of hydrogen-bond donors (Lipinski definition) is 0. The van der Waals surface area contributed by atoms with Crippen molar-refractivity contribution in [1.29, 1.82) is 0 Å². The predicted octanol–water partition coefficient (Wildman–Crippen LogP) is 4.25. The molecular formula is C16H24BrN. The van der Waals surface area contributed by atoms with Gasteiger partial charge in [-0.1, -0.05) is 47.1 Å². The van der Waals surface area contributed by atoms with Gasteiger partial charge in [-0.25, -0.2) is 0 Å². The summed E-state index contributed by atoms with van der Waals surface area (Å²) in [5, 5.41) is 1.14. The average Bonchev–Trinajstić information content (AvgIpc) is 2.58. The van der Waals surface area contributed by atoms with E-state index >= 15 is 0 Å². The van der Waals surface area contributed by atoms with Gasteiger partial charge in [0.05, 0.1) is 0 Å². The van der Waals surface area contributed by atoms with E-state index in [2.05, 4.69) is 52.0 Å². The zero-order chi connectivity index (χ0) is 12.8. The molecule has 2 rings (SSSR count). The topological polar surface area (TPSA) is 3.24 Å². The second-order valence-electron chi connectivity index (χ2n) is 5.52. The first kappa shape index (κ1) is 14.1. The number of aryl methyl sites for hydroxylation is 1. The van der Waals surface area contributed by atoms with Crippen LogP contribution in [0, 0.1) is 5.92 Å². The fraction of sp³-hybridized carbons (Fsp3) is 0.625. The van der Waals surface area contributed by atoms with E-state index in [0.717, 1.165) is 17.8 Å². The summed E-state index contributed by atoms with van der Waals surface area (Å²) >= 11 is 3.54. The molecule has 0 spiro atoms. The fourth-order valence-corrected chi connectivity index (χ4v) is 3.47. The molecule has 0 radical (unpaired) electrons. The van der Waals surface area contributed by atoms with Crippen LogP contribution in [-0.4, -0.2) is 23.3 Å². The van der Waals surface area contributed by atoms with Crippen molar-refractivity contribution < 1.29 is 0 Å². The number of halogens is 1. The maximum absolute atomic E-state index is 3.54. The van der Waals surface area contributed by atoms with Crippen LogP contribution in [0.1, 0.15) is 37.3 Å². The third kappa shape index (κ3) is 4.10. The van der Waals surface area contributed by atoms with Gasteiger partial charge in [0.25, 0.3) is 0 Å². The number of hydrogen-bond acceptors (Lipinski definition) is 1. The van der Waals surface area contributed by atoms with Gasteiger partial charge in [-0.05, 0) is 55.8 Å². The van der Waals surface area contributed by atoms with Gasteiger partial charge in [0.2, 0.25) is 0 Å². The van der Waals surface area contributed by atoms with Crippen molar-refractivity contribution in [3.63, 3.8) is 0 Å². The summed E-state index contributed by atoms with van der Waals surface area (Å²) in [6.45, 7) is 6.03. The lowest BCUT2D eigenvalue weighted by Gasteiger charge is -2.22. The number of fused-ring (bicyclic) bond motifs is 1. The van der Waals surface area contributed by atoms with Crippen LogP contribution >= 0.6 is 15.9 Å². The molecule has 0 aliphatic carbocycles. The second kappa shape index (κ2) is 7.30. The van der Waals surface area contributed by atoms with Crippen LogP contribution < -0.4 is 0 Å². The minimum absolute atomic E-state index is 0.836. The van der Waals surface area contributed by atoms with Gasteiger partial charge in [-0.15, -0.1) is 0 Å². The highest BCUT2D eigenvalue weighted by Crippen LogP contribution is 2.19. The van der Waals surface area contributed by atoms with Crippen molar-refractivity contribution in [3.05, 3.63) is 35.4 Å². The minimum atomic E-state index is 0.836. The number of nitrogens with zero attached hydrogens (tertiary/aromatic N) is 1. The Morgan fingerprint density at radius 3 is 2.78 bits per heavy atom. The van der Waals surface area contributed by atoms with Crippen molar-refractivity contribution in [1.82, 2.24) is 4.90 Å². The Morgan fingerprint density at radius 2 is 2.00 bits per heavy atom. The van der Waals surface area contributed by atoms with E-state index in [4.69, 9.17) is 0 Å². The summed E-state index contributed by atoms with van der Waals surface area (Å²) in [7, 11) is 0. The Kier molecular flexibility index (Phi) is 5.71. The lowest BCUT2D eigenvalue weighted by Crippen LogP contribution is -2.25. The van der Waals surface area contributed by atoms with Crippen molar-refractivity contribution in [2.45, 2.75) is 39.2 Å². The Hall–Kier alpha value is -0.340. The molecule has 0 amide bonds. The zero-order valence-corrected chi connectivity index (χ0v) is 13.0. The van der Waals surface area contributed by atoms with Crippen LogP contribution in [0.4, 0.5) is 0 Å². The van der Waals surface area contributed by atoms with Crippen LogP contribution in [-0.2, 0) is 13.0 Å². The molecule has 0 N–H and O–H groups in total. The maximum Gasteiger partial charge on any atom is 0.0236 e. The molecule has 1 heterocycles. The summed E-state index contributed by atoms with van der Waals surface area (Å²) in [5.41, 5.74) is 3.11. The van der Waals surface area contributed by atoms with E-state index in [-0.39, 0.29) is 0 Å². The van der Waals surface area contributed by atoms with Gasteiger partial charge in [0.1, 0.15) is 0 Å². The van der Waals surface area contributed by atoms with E-state index < -0.39 is 0 Å². The van der Waals surface area contributed by atoms with E-state index in [1.165, 1.54) is 38.8 Å². The molecule has 1 aromatic carbocycles. The average molecular weight is 310 g/mol. The standard InChI is InChI=1S/C16H24BrN/c1-14(8-10-17)9-12-18-11-4-7-15-5-2-3-6-16(15)13-18/h2-3,5-6,14H,4,7-13H2,1H3. The molecule has 0 bridgehead atoms. The van der Waals surface area contributed by atoms with E-state index in [1.54, 1.807) is 11.1 Å². The number of alkyl halides is 1.